The van der Waals surface area contributed by atoms with Crippen molar-refractivity contribution in [2.75, 3.05) is 33.3 Å². The Bertz CT molecular complexity index is 588. The van der Waals surface area contributed by atoms with Crippen LogP contribution in [0.3, 0.4) is 0 Å². The Morgan fingerprint density at radius 1 is 1.23 bits per heavy atom. The SMILES string of the molecule is COC(=O)C1=CCC(c2ccccc2)(N2CCNCC2)C=C1. The molecule has 0 aromatic heterocycles. The second kappa shape index (κ2) is 6.46. The van der Waals surface area contributed by atoms with Gasteiger partial charge in [0.15, 0.2) is 0 Å². The van der Waals surface area contributed by atoms with Gasteiger partial charge in [0.2, 0.25) is 0 Å². The largest absolute Gasteiger partial charge is 0.465 e. The number of nitrogens with one attached hydrogen (secondary N) is 1. The molecule has 116 valence electrons. The zero-order chi connectivity index (χ0) is 15.4. The molecular formula is C18H22N2O2. The fourth-order valence-electron chi connectivity index (χ4n) is 3.32. The number of nitrogens with zero attached hydrogens (tertiary/aromatic N) is 1. The van der Waals surface area contributed by atoms with Crippen LogP contribution in [-0.2, 0) is 15.1 Å². The van der Waals surface area contributed by atoms with Crippen molar-refractivity contribution in [3.63, 3.8) is 0 Å². The molecule has 1 saturated heterocycles. The number of methoxy groups -OCH3 is 1. The van der Waals surface area contributed by atoms with Crippen molar-refractivity contribution in [1.29, 1.82) is 0 Å². The molecule has 1 N–H and O–H groups in total. The topological polar surface area (TPSA) is 41.6 Å². The Morgan fingerprint density at radius 3 is 2.55 bits per heavy atom. The van der Waals surface area contributed by atoms with Gasteiger partial charge in [0, 0.05) is 26.2 Å². The molecule has 1 fully saturated rings. The Morgan fingerprint density at radius 2 is 1.95 bits per heavy atom. The Hall–Kier alpha value is -1.91. The van der Waals surface area contributed by atoms with Crippen LogP contribution in [0.4, 0.5) is 0 Å². The van der Waals surface area contributed by atoms with E-state index in [1.165, 1.54) is 12.7 Å². The van der Waals surface area contributed by atoms with Crippen molar-refractivity contribution in [3.05, 3.63) is 59.7 Å². The zero-order valence-electron chi connectivity index (χ0n) is 12.9. The maximum absolute atomic E-state index is 11.7. The number of carbonyl (C=O) groups excluding carboxylic acids is 1. The van der Waals surface area contributed by atoms with Crippen molar-refractivity contribution in [1.82, 2.24) is 10.2 Å². The molecule has 0 saturated carbocycles. The molecule has 1 unspecified atom stereocenters. The summed E-state index contributed by atoms with van der Waals surface area (Å²) in [5.41, 5.74) is 1.75. The third-order valence-corrected chi connectivity index (χ3v) is 4.55. The molecule has 4 nitrogen and oxygen atoms in total. The van der Waals surface area contributed by atoms with E-state index in [1.54, 1.807) is 0 Å². The van der Waals surface area contributed by atoms with Crippen LogP contribution < -0.4 is 5.32 Å². The number of hydrogen-bond donors (Lipinski definition) is 1. The lowest BCUT2D eigenvalue weighted by Gasteiger charge is -2.45. The standard InChI is InChI=1S/C18H22N2O2/c1-22-17(21)15-7-9-18(10-8-15,16-5-3-2-4-6-16)20-13-11-19-12-14-20/h2-9,19H,10-14H2,1H3. The predicted octanol–water partition coefficient (Wildman–Crippen LogP) is 1.85. The quantitative estimate of drug-likeness (QED) is 0.865. The van der Waals surface area contributed by atoms with Gasteiger partial charge in [-0.1, -0.05) is 42.5 Å². The first-order valence-electron chi connectivity index (χ1n) is 7.75. The third kappa shape index (κ3) is 2.72. The molecule has 0 bridgehead atoms. The van der Waals surface area contributed by atoms with Crippen LogP contribution in [0.5, 0.6) is 0 Å². The van der Waals surface area contributed by atoms with Crippen LogP contribution in [0, 0.1) is 0 Å². The molecule has 1 heterocycles. The minimum absolute atomic E-state index is 0.166. The fraction of sp³-hybridized carbons (Fsp3) is 0.389. The van der Waals surface area contributed by atoms with E-state index in [0.29, 0.717) is 5.57 Å². The van der Waals surface area contributed by atoms with Crippen LogP contribution in [0.1, 0.15) is 12.0 Å². The van der Waals surface area contributed by atoms with E-state index in [9.17, 15) is 4.79 Å². The number of carbonyl (C=O) groups is 1. The number of hydrogen-bond acceptors (Lipinski definition) is 4. The number of rotatable bonds is 3. The van der Waals surface area contributed by atoms with Crippen molar-refractivity contribution >= 4 is 5.97 Å². The molecule has 22 heavy (non-hydrogen) atoms. The highest BCUT2D eigenvalue weighted by atomic mass is 16.5. The monoisotopic (exact) mass is 298 g/mol. The Labute approximate surface area is 131 Å². The highest BCUT2D eigenvalue weighted by Crippen LogP contribution is 2.37. The van der Waals surface area contributed by atoms with Gasteiger partial charge in [-0.3, -0.25) is 4.90 Å². The predicted molar refractivity (Wildman–Crippen MR) is 86.4 cm³/mol. The van der Waals surface area contributed by atoms with Crippen LogP contribution in [-0.4, -0.2) is 44.2 Å². The smallest absolute Gasteiger partial charge is 0.337 e. The molecule has 1 atom stereocenters. The molecule has 3 rings (SSSR count). The molecule has 0 radical (unpaired) electrons. The van der Waals surface area contributed by atoms with Crippen LogP contribution in [0.15, 0.2) is 54.1 Å². The van der Waals surface area contributed by atoms with Crippen LogP contribution in [0.2, 0.25) is 0 Å². The first-order chi connectivity index (χ1) is 10.8. The minimum Gasteiger partial charge on any atom is -0.465 e. The minimum atomic E-state index is -0.266. The summed E-state index contributed by atoms with van der Waals surface area (Å²) in [6.07, 6.45) is 6.86. The molecule has 2 aliphatic rings. The van der Waals surface area contributed by atoms with E-state index in [-0.39, 0.29) is 11.5 Å². The maximum atomic E-state index is 11.7. The lowest BCUT2D eigenvalue weighted by molar-refractivity contribution is -0.135. The van der Waals surface area contributed by atoms with E-state index >= 15 is 0 Å². The van der Waals surface area contributed by atoms with Gasteiger partial charge in [-0.2, -0.15) is 0 Å². The fourth-order valence-corrected chi connectivity index (χ4v) is 3.32. The first kappa shape index (κ1) is 15.0. The third-order valence-electron chi connectivity index (χ3n) is 4.55. The Balaban J connectivity index is 1.94. The van der Waals surface area contributed by atoms with Crippen LogP contribution >= 0.6 is 0 Å². The Kier molecular flexibility index (Phi) is 4.41. The second-order valence-electron chi connectivity index (χ2n) is 5.72. The van der Waals surface area contributed by atoms with E-state index < -0.39 is 0 Å². The van der Waals surface area contributed by atoms with E-state index in [0.717, 1.165) is 32.6 Å². The van der Waals surface area contributed by atoms with Gasteiger partial charge in [0.05, 0.1) is 18.2 Å². The summed E-state index contributed by atoms with van der Waals surface area (Å²) < 4.78 is 4.83. The van der Waals surface area contributed by atoms with Gasteiger partial charge in [0.25, 0.3) is 0 Å². The van der Waals surface area contributed by atoms with Gasteiger partial charge >= 0.3 is 5.97 Å². The molecule has 1 aromatic rings. The summed E-state index contributed by atoms with van der Waals surface area (Å²) in [5, 5.41) is 3.40. The normalized spacial score (nSPS) is 25.6. The van der Waals surface area contributed by atoms with Gasteiger partial charge in [0.1, 0.15) is 0 Å². The number of esters is 1. The van der Waals surface area contributed by atoms with Gasteiger partial charge in [-0.05, 0) is 18.1 Å². The first-order valence-corrected chi connectivity index (χ1v) is 7.75. The summed E-state index contributed by atoms with van der Waals surface area (Å²) in [7, 11) is 1.42. The van der Waals surface area contributed by atoms with E-state index in [2.05, 4.69) is 40.6 Å². The van der Waals surface area contributed by atoms with Gasteiger partial charge < -0.3 is 10.1 Å². The van der Waals surface area contributed by atoms with E-state index in [1.807, 2.05) is 18.2 Å². The zero-order valence-corrected chi connectivity index (χ0v) is 12.9. The van der Waals surface area contributed by atoms with Crippen molar-refractivity contribution in [3.8, 4) is 0 Å². The highest BCUT2D eigenvalue weighted by Gasteiger charge is 2.37. The summed E-state index contributed by atoms with van der Waals surface area (Å²) in [4.78, 5) is 14.2. The lowest BCUT2D eigenvalue weighted by atomic mass is 9.80. The summed E-state index contributed by atoms with van der Waals surface area (Å²) >= 11 is 0. The van der Waals surface area contributed by atoms with Crippen molar-refractivity contribution < 1.29 is 9.53 Å². The average molecular weight is 298 g/mol. The molecule has 4 heteroatoms. The molecule has 0 spiro atoms. The molecular weight excluding hydrogens is 276 g/mol. The lowest BCUT2D eigenvalue weighted by Crippen LogP contribution is -2.54. The van der Waals surface area contributed by atoms with Crippen LogP contribution in [0.25, 0.3) is 0 Å². The van der Waals surface area contributed by atoms with E-state index in [4.69, 9.17) is 4.74 Å². The average Bonchev–Trinajstić information content (AvgIpc) is 2.62. The maximum Gasteiger partial charge on any atom is 0.337 e. The summed E-state index contributed by atoms with van der Waals surface area (Å²) in [6.45, 7) is 3.99. The number of ether oxygens (including phenoxy) is 1. The summed E-state index contributed by atoms with van der Waals surface area (Å²) in [6, 6.07) is 10.5. The molecule has 1 aliphatic heterocycles. The van der Waals surface area contributed by atoms with Crippen molar-refractivity contribution in [2.24, 2.45) is 0 Å². The van der Waals surface area contributed by atoms with Gasteiger partial charge in [-0.25, -0.2) is 4.79 Å². The summed E-state index contributed by atoms with van der Waals surface area (Å²) in [5.74, 6) is -0.266. The highest BCUT2D eigenvalue weighted by molar-refractivity contribution is 5.91. The molecule has 1 aliphatic carbocycles. The number of piperazine rings is 1. The van der Waals surface area contributed by atoms with Gasteiger partial charge in [-0.15, -0.1) is 0 Å². The second-order valence-corrected chi connectivity index (χ2v) is 5.72. The molecule has 1 aromatic carbocycles. The van der Waals surface area contributed by atoms with Crippen molar-refractivity contribution in [2.45, 2.75) is 12.0 Å². The molecule has 0 amide bonds. The number of benzene rings is 1.